The summed E-state index contributed by atoms with van der Waals surface area (Å²) in [6, 6.07) is 0. The van der Waals surface area contributed by atoms with Crippen molar-refractivity contribution in [3.8, 4) is 0 Å². The molecule has 0 aromatic carbocycles. The maximum atomic E-state index is 11.6. The third-order valence-corrected chi connectivity index (χ3v) is 3.76. The van der Waals surface area contributed by atoms with Crippen molar-refractivity contribution in [1.82, 2.24) is 0 Å². The van der Waals surface area contributed by atoms with Gasteiger partial charge in [-0.3, -0.25) is 9.59 Å². The first-order valence-corrected chi connectivity index (χ1v) is 6.40. The molecule has 0 saturated carbocycles. The van der Waals surface area contributed by atoms with Gasteiger partial charge < -0.3 is 35.7 Å². The standard InChI is InChI=1S/C12H20O10/c13-4-1-7(8(16)17)12(22,10(20)21)11(2-5-14,3-6-15)9(18)19/h7,13-15,22H,1-6H2,(H,16,17)(H,18,19)(H,20,21). The van der Waals surface area contributed by atoms with Crippen LogP contribution in [-0.4, -0.2) is 79.1 Å². The SMILES string of the molecule is O=C(O)C(CCO)C(O)(C(=O)O)C(CCO)(CCO)C(=O)O. The summed E-state index contributed by atoms with van der Waals surface area (Å²) in [5, 5.41) is 65.2. The second-order valence-electron chi connectivity index (χ2n) is 4.81. The Hall–Kier alpha value is -1.75. The molecule has 0 aromatic rings. The van der Waals surface area contributed by atoms with Gasteiger partial charge in [0.05, 0.1) is 5.92 Å². The molecule has 2 atom stereocenters. The Bertz CT molecular complexity index is 414. The molecule has 0 amide bonds. The van der Waals surface area contributed by atoms with E-state index in [1.165, 1.54) is 0 Å². The monoisotopic (exact) mass is 324 g/mol. The molecular weight excluding hydrogens is 304 g/mol. The van der Waals surface area contributed by atoms with Gasteiger partial charge in [-0.2, -0.15) is 0 Å². The van der Waals surface area contributed by atoms with Gasteiger partial charge in [-0.1, -0.05) is 0 Å². The molecule has 10 heteroatoms. The minimum atomic E-state index is -3.33. The summed E-state index contributed by atoms with van der Waals surface area (Å²) in [4.78, 5) is 34.4. The summed E-state index contributed by atoms with van der Waals surface area (Å²) >= 11 is 0. The van der Waals surface area contributed by atoms with Crippen molar-refractivity contribution in [3.05, 3.63) is 0 Å². The Kier molecular flexibility index (Phi) is 7.39. The quantitative estimate of drug-likeness (QED) is 0.218. The summed E-state index contributed by atoms with van der Waals surface area (Å²) in [6.07, 6.45) is -2.30. The lowest BCUT2D eigenvalue weighted by Crippen LogP contribution is -2.64. The fourth-order valence-electron chi connectivity index (χ4n) is 2.59. The number of aliphatic hydroxyl groups is 4. The Morgan fingerprint density at radius 2 is 1.27 bits per heavy atom. The number of hydrogen-bond donors (Lipinski definition) is 7. The van der Waals surface area contributed by atoms with Crippen LogP contribution in [-0.2, 0) is 14.4 Å². The van der Waals surface area contributed by atoms with E-state index in [0.717, 1.165) is 0 Å². The molecule has 0 bridgehead atoms. The molecule has 0 heterocycles. The number of hydrogen-bond acceptors (Lipinski definition) is 7. The summed E-state index contributed by atoms with van der Waals surface area (Å²) in [7, 11) is 0. The topological polar surface area (TPSA) is 193 Å². The number of carboxylic acid groups (broad SMARTS) is 3. The van der Waals surface area contributed by atoms with E-state index < -0.39 is 73.9 Å². The van der Waals surface area contributed by atoms with Gasteiger partial charge in [0, 0.05) is 19.8 Å². The van der Waals surface area contributed by atoms with Crippen molar-refractivity contribution >= 4 is 17.9 Å². The van der Waals surface area contributed by atoms with Crippen LogP contribution in [0.5, 0.6) is 0 Å². The molecule has 0 rings (SSSR count). The molecule has 0 radical (unpaired) electrons. The zero-order chi connectivity index (χ0) is 17.6. The Labute approximate surface area is 125 Å². The van der Waals surface area contributed by atoms with Crippen LogP contribution in [0.25, 0.3) is 0 Å². The molecule has 0 aromatic heterocycles. The highest BCUT2D eigenvalue weighted by atomic mass is 16.4. The van der Waals surface area contributed by atoms with Crippen molar-refractivity contribution in [2.45, 2.75) is 24.9 Å². The number of carboxylic acids is 3. The average molecular weight is 324 g/mol. The molecule has 0 saturated heterocycles. The zero-order valence-corrected chi connectivity index (χ0v) is 11.7. The molecule has 2 unspecified atom stereocenters. The van der Waals surface area contributed by atoms with Crippen LogP contribution < -0.4 is 0 Å². The molecule has 0 aliphatic carbocycles. The number of aliphatic hydroxyl groups excluding tert-OH is 3. The van der Waals surface area contributed by atoms with Crippen LogP contribution in [0.4, 0.5) is 0 Å². The highest BCUT2D eigenvalue weighted by Crippen LogP contribution is 2.45. The van der Waals surface area contributed by atoms with Crippen LogP contribution >= 0.6 is 0 Å². The van der Waals surface area contributed by atoms with Gasteiger partial charge in [0.15, 0.2) is 5.60 Å². The highest BCUT2D eigenvalue weighted by molar-refractivity contribution is 5.93. The van der Waals surface area contributed by atoms with E-state index in [2.05, 4.69) is 0 Å². The molecule has 0 aliphatic rings. The molecule has 22 heavy (non-hydrogen) atoms. The van der Waals surface area contributed by atoms with Gasteiger partial charge in [0.2, 0.25) is 0 Å². The van der Waals surface area contributed by atoms with Gasteiger partial charge in [-0.05, 0) is 19.3 Å². The average Bonchev–Trinajstić information content (AvgIpc) is 2.42. The smallest absolute Gasteiger partial charge is 0.337 e. The van der Waals surface area contributed by atoms with Crippen LogP contribution in [0, 0.1) is 11.3 Å². The number of rotatable bonds is 11. The normalized spacial score (nSPS) is 15.8. The van der Waals surface area contributed by atoms with Gasteiger partial charge in [0.25, 0.3) is 0 Å². The highest BCUT2D eigenvalue weighted by Gasteiger charge is 2.65. The summed E-state index contributed by atoms with van der Waals surface area (Å²) < 4.78 is 0. The van der Waals surface area contributed by atoms with Gasteiger partial charge in [-0.25, -0.2) is 4.79 Å². The van der Waals surface area contributed by atoms with E-state index in [9.17, 15) is 29.7 Å². The fraction of sp³-hybridized carbons (Fsp3) is 0.750. The summed E-state index contributed by atoms with van der Waals surface area (Å²) in [5.41, 5.74) is -5.97. The van der Waals surface area contributed by atoms with Crippen LogP contribution in [0.2, 0.25) is 0 Å². The van der Waals surface area contributed by atoms with Crippen molar-refractivity contribution in [2.24, 2.45) is 11.3 Å². The lowest BCUT2D eigenvalue weighted by molar-refractivity contribution is -0.209. The Morgan fingerprint density at radius 1 is 0.818 bits per heavy atom. The third-order valence-electron chi connectivity index (χ3n) is 3.76. The molecular formula is C12H20O10. The lowest BCUT2D eigenvalue weighted by atomic mass is 9.61. The van der Waals surface area contributed by atoms with E-state index in [1.54, 1.807) is 0 Å². The molecule has 128 valence electrons. The second-order valence-corrected chi connectivity index (χ2v) is 4.81. The summed E-state index contributed by atoms with van der Waals surface area (Å²) in [6.45, 7) is -2.51. The van der Waals surface area contributed by atoms with Crippen molar-refractivity contribution in [3.63, 3.8) is 0 Å². The number of carbonyl (C=O) groups is 3. The maximum absolute atomic E-state index is 11.6. The van der Waals surface area contributed by atoms with Crippen molar-refractivity contribution in [1.29, 1.82) is 0 Å². The first-order valence-electron chi connectivity index (χ1n) is 6.40. The predicted octanol–water partition coefficient (Wildman–Crippen LogP) is -2.28. The first kappa shape index (κ1) is 20.2. The maximum Gasteiger partial charge on any atom is 0.337 e. The molecule has 7 N–H and O–H groups in total. The molecule has 0 fully saturated rings. The molecule has 0 spiro atoms. The van der Waals surface area contributed by atoms with E-state index >= 15 is 0 Å². The summed E-state index contributed by atoms with van der Waals surface area (Å²) in [5.74, 6) is -7.97. The number of aliphatic carboxylic acids is 3. The lowest BCUT2D eigenvalue weighted by Gasteiger charge is -2.43. The molecule has 0 aliphatic heterocycles. The van der Waals surface area contributed by atoms with Gasteiger partial charge >= 0.3 is 17.9 Å². The van der Waals surface area contributed by atoms with E-state index in [-0.39, 0.29) is 0 Å². The van der Waals surface area contributed by atoms with Crippen molar-refractivity contribution in [2.75, 3.05) is 19.8 Å². The largest absolute Gasteiger partial charge is 0.481 e. The first-order chi connectivity index (χ1) is 10.2. The van der Waals surface area contributed by atoms with Crippen molar-refractivity contribution < 1.29 is 50.1 Å². The van der Waals surface area contributed by atoms with Crippen LogP contribution in [0.1, 0.15) is 19.3 Å². The Balaban J connectivity index is 6.37. The predicted molar refractivity (Wildman–Crippen MR) is 68.9 cm³/mol. The minimum absolute atomic E-state index is 0.718. The van der Waals surface area contributed by atoms with Gasteiger partial charge in [0.1, 0.15) is 5.41 Å². The zero-order valence-electron chi connectivity index (χ0n) is 11.7. The molecule has 10 nitrogen and oxygen atoms in total. The van der Waals surface area contributed by atoms with E-state index in [4.69, 9.17) is 20.4 Å². The van der Waals surface area contributed by atoms with Gasteiger partial charge in [-0.15, -0.1) is 0 Å². The van der Waals surface area contributed by atoms with Crippen LogP contribution in [0.15, 0.2) is 0 Å². The van der Waals surface area contributed by atoms with Crippen LogP contribution in [0.3, 0.4) is 0 Å². The third kappa shape index (κ3) is 3.35. The van der Waals surface area contributed by atoms with E-state index in [0.29, 0.717) is 0 Å². The van der Waals surface area contributed by atoms with E-state index in [1.807, 2.05) is 0 Å². The Morgan fingerprint density at radius 3 is 1.50 bits per heavy atom. The minimum Gasteiger partial charge on any atom is -0.481 e. The fourth-order valence-corrected chi connectivity index (χ4v) is 2.59. The second kappa shape index (κ2) is 8.03.